The minimum absolute atomic E-state index is 0.255. The van der Waals surface area contributed by atoms with Gasteiger partial charge in [0.25, 0.3) is 0 Å². The van der Waals surface area contributed by atoms with Gasteiger partial charge in [0.05, 0.1) is 17.4 Å². The summed E-state index contributed by atoms with van der Waals surface area (Å²) < 4.78 is 7.93. The highest BCUT2D eigenvalue weighted by Gasteiger charge is 2.25. The number of nitrogen functional groups attached to an aromatic ring is 1. The van der Waals surface area contributed by atoms with E-state index >= 15 is 0 Å². The topological polar surface area (TPSA) is 82.1 Å². The number of fused-ring (bicyclic) bond motifs is 1. The molecule has 1 aliphatic heterocycles. The lowest BCUT2D eigenvalue weighted by Crippen LogP contribution is -2.34. The highest BCUT2D eigenvalue weighted by Crippen LogP contribution is 2.35. The molecule has 158 valence electrons. The Morgan fingerprint density at radius 1 is 0.968 bits per heavy atom. The van der Waals surface area contributed by atoms with Gasteiger partial charge in [-0.1, -0.05) is 18.2 Å². The summed E-state index contributed by atoms with van der Waals surface area (Å²) in [6.07, 6.45) is 3.44. The summed E-state index contributed by atoms with van der Waals surface area (Å²) in [5.74, 6) is 2.00. The summed E-state index contributed by atoms with van der Waals surface area (Å²) in [5.41, 5.74) is 8.77. The Hall–Kier alpha value is -3.16. The predicted octanol–water partition coefficient (Wildman–Crippen LogP) is 4.70. The molecule has 5 rings (SSSR count). The summed E-state index contributed by atoms with van der Waals surface area (Å²) in [6.45, 7) is 1.88. The van der Waals surface area contributed by atoms with Crippen molar-refractivity contribution in [2.45, 2.75) is 18.9 Å². The van der Waals surface area contributed by atoms with Gasteiger partial charge in [-0.05, 0) is 49.2 Å². The number of anilines is 1. The maximum atomic E-state index is 6.26. The SMILES string of the molecule is Nc1ncnc2c1c(-c1ccc(Oc3ccccc3)cc1)nn2C1CCN(CCl)CC1. The third kappa shape index (κ3) is 3.94. The van der Waals surface area contributed by atoms with Gasteiger partial charge in [-0.2, -0.15) is 5.10 Å². The normalized spacial score (nSPS) is 15.4. The largest absolute Gasteiger partial charge is 0.457 e. The third-order valence-electron chi connectivity index (χ3n) is 5.70. The van der Waals surface area contributed by atoms with Gasteiger partial charge in [0.1, 0.15) is 29.3 Å². The number of hydrogen-bond donors (Lipinski definition) is 1. The first kappa shape index (κ1) is 19.8. The molecule has 0 spiro atoms. The van der Waals surface area contributed by atoms with Crippen molar-refractivity contribution in [3.8, 4) is 22.8 Å². The van der Waals surface area contributed by atoms with Crippen molar-refractivity contribution < 1.29 is 4.74 Å². The van der Waals surface area contributed by atoms with E-state index < -0.39 is 0 Å². The van der Waals surface area contributed by atoms with E-state index in [1.807, 2.05) is 59.3 Å². The lowest BCUT2D eigenvalue weighted by atomic mass is 10.1. The number of rotatable bonds is 5. The molecule has 8 heteroatoms. The number of nitrogens with zero attached hydrogens (tertiary/aromatic N) is 5. The third-order valence-corrected chi connectivity index (χ3v) is 6.03. The van der Waals surface area contributed by atoms with Crippen LogP contribution in [0.4, 0.5) is 5.82 Å². The predicted molar refractivity (Wildman–Crippen MR) is 122 cm³/mol. The van der Waals surface area contributed by atoms with E-state index in [1.165, 1.54) is 6.33 Å². The summed E-state index contributed by atoms with van der Waals surface area (Å²) in [6, 6.07) is 18.4. The van der Waals surface area contributed by atoms with Crippen molar-refractivity contribution in [2.24, 2.45) is 0 Å². The molecule has 0 unspecified atom stereocenters. The molecule has 0 bridgehead atoms. The molecule has 4 aromatic rings. The molecule has 31 heavy (non-hydrogen) atoms. The second-order valence-corrected chi connectivity index (χ2v) is 7.90. The number of para-hydroxylation sites is 1. The van der Waals surface area contributed by atoms with Crippen LogP contribution in [0.1, 0.15) is 18.9 Å². The van der Waals surface area contributed by atoms with Crippen LogP contribution in [0.3, 0.4) is 0 Å². The van der Waals surface area contributed by atoms with Crippen LogP contribution in [0.5, 0.6) is 11.5 Å². The molecule has 2 aromatic heterocycles. The molecule has 2 N–H and O–H groups in total. The number of aromatic nitrogens is 4. The van der Waals surface area contributed by atoms with E-state index in [-0.39, 0.29) is 6.04 Å². The van der Waals surface area contributed by atoms with Crippen LogP contribution in [0.2, 0.25) is 0 Å². The Morgan fingerprint density at radius 3 is 2.39 bits per heavy atom. The summed E-state index contributed by atoms with van der Waals surface area (Å²) >= 11 is 5.99. The average molecular weight is 435 g/mol. The summed E-state index contributed by atoms with van der Waals surface area (Å²) in [7, 11) is 0. The molecule has 1 aliphatic rings. The van der Waals surface area contributed by atoms with Gasteiger partial charge in [0.2, 0.25) is 0 Å². The van der Waals surface area contributed by atoms with Gasteiger partial charge in [-0.15, -0.1) is 11.6 Å². The van der Waals surface area contributed by atoms with E-state index in [0.29, 0.717) is 11.8 Å². The zero-order chi connectivity index (χ0) is 21.2. The fourth-order valence-electron chi connectivity index (χ4n) is 4.04. The number of nitrogens with two attached hydrogens (primary N) is 1. The van der Waals surface area contributed by atoms with Gasteiger partial charge in [0.15, 0.2) is 5.65 Å². The van der Waals surface area contributed by atoms with E-state index in [1.54, 1.807) is 0 Å². The molecule has 1 fully saturated rings. The molecule has 0 atom stereocenters. The second kappa shape index (κ2) is 8.53. The van der Waals surface area contributed by atoms with Crippen LogP contribution < -0.4 is 10.5 Å². The van der Waals surface area contributed by atoms with Crippen molar-refractivity contribution in [1.82, 2.24) is 24.6 Å². The van der Waals surface area contributed by atoms with Crippen LogP contribution >= 0.6 is 11.6 Å². The van der Waals surface area contributed by atoms with Crippen LogP contribution in [0.25, 0.3) is 22.3 Å². The molecule has 2 aromatic carbocycles. The summed E-state index contributed by atoms with van der Waals surface area (Å²) in [4.78, 5) is 11.0. The Morgan fingerprint density at radius 2 is 1.68 bits per heavy atom. The number of alkyl halides is 1. The number of likely N-dealkylation sites (tertiary alicyclic amines) is 1. The highest BCUT2D eigenvalue weighted by atomic mass is 35.5. The molecule has 3 heterocycles. The molecule has 0 aliphatic carbocycles. The van der Waals surface area contributed by atoms with Gasteiger partial charge in [0, 0.05) is 18.7 Å². The Balaban J connectivity index is 1.48. The second-order valence-electron chi connectivity index (χ2n) is 7.66. The molecular formula is C23H23ClN6O. The number of piperidine rings is 1. The van der Waals surface area contributed by atoms with Crippen LogP contribution in [0.15, 0.2) is 60.9 Å². The number of benzene rings is 2. The molecule has 7 nitrogen and oxygen atoms in total. The minimum Gasteiger partial charge on any atom is -0.457 e. The quantitative estimate of drug-likeness (QED) is 0.362. The average Bonchev–Trinajstić information content (AvgIpc) is 3.21. The van der Waals surface area contributed by atoms with Crippen molar-refractivity contribution in [1.29, 1.82) is 0 Å². The van der Waals surface area contributed by atoms with Crippen molar-refractivity contribution in [3.63, 3.8) is 0 Å². The first-order chi connectivity index (χ1) is 15.2. The van der Waals surface area contributed by atoms with E-state index in [2.05, 4.69) is 14.9 Å². The highest BCUT2D eigenvalue weighted by molar-refractivity contribution is 6.17. The molecule has 0 saturated carbocycles. The van der Waals surface area contributed by atoms with Crippen molar-refractivity contribution in [3.05, 3.63) is 60.9 Å². The first-order valence-corrected chi connectivity index (χ1v) is 10.9. The number of ether oxygens (including phenoxy) is 1. The Kier molecular flexibility index (Phi) is 5.44. The monoisotopic (exact) mass is 434 g/mol. The molecule has 1 saturated heterocycles. The maximum absolute atomic E-state index is 6.26. The smallest absolute Gasteiger partial charge is 0.164 e. The lowest BCUT2D eigenvalue weighted by molar-refractivity contribution is 0.206. The van der Waals surface area contributed by atoms with Gasteiger partial charge in [-0.25, -0.2) is 14.6 Å². The van der Waals surface area contributed by atoms with Gasteiger partial charge >= 0.3 is 0 Å². The fraction of sp³-hybridized carbons (Fsp3) is 0.261. The van der Waals surface area contributed by atoms with Gasteiger partial charge in [-0.3, -0.25) is 4.90 Å². The van der Waals surface area contributed by atoms with Crippen molar-refractivity contribution >= 4 is 28.5 Å². The lowest BCUT2D eigenvalue weighted by Gasteiger charge is -2.30. The zero-order valence-corrected chi connectivity index (χ0v) is 17.7. The maximum Gasteiger partial charge on any atom is 0.164 e. The van der Waals surface area contributed by atoms with Crippen molar-refractivity contribution in [2.75, 3.05) is 24.8 Å². The van der Waals surface area contributed by atoms with E-state index in [0.717, 1.165) is 59.7 Å². The standard InChI is InChI=1S/C23H23ClN6O/c24-14-29-12-10-17(11-13-29)30-23-20(22(25)26-15-27-23)21(28-30)16-6-8-19(9-7-16)31-18-4-2-1-3-5-18/h1-9,15,17H,10-14H2,(H2,25,26,27). The van der Waals surface area contributed by atoms with E-state index in [9.17, 15) is 0 Å². The molecule has 0 radical (unpaired) electrons. The number of halogens is 1. The Labute approximate surface area is 185 Å². The minimum atomic E-state index is 0.255. The molecular weight excluding hydrogens is 412 g/mol. The van der Waals surface area contributed by atoms with Crippen LogP contribution in [-0.4, -0.2) is 43.7 Å². The zero-order valence-electron chi connectivity index (χ0n) is 17.0. The first-order valence-electron chi connectivity index (χ1n) is 10.3. The summed E-state index contributed by atoms with van der Waals surface area (Å²) in [5, 5.41) is 5.74. The molecule has 0 amide bonds. The Bertz CT molecular complexity index is 1170. The van der Waals surface area contributed by atoms with Crippen LogP contribution in [0, 0.1) is 0 Å². The number of hydrogen-bond acceptors (Lipinski definition) is 6. The van der Waals surface area contributed by atoms with Crippen LogP contribution in [-0.2, 0) is 0 Å². The van der Waals surface area contributed by atoms with E-state index in [4.69, 9.17) is 27.2 Å². The van der Waals surface area contributed by atoms with Gasteiger partial charge < -0.3 is 10.5 Å². The fourth-order valence-corrected chi connectivity index (χ4v) is 4.28.